The Morgan fingerprint density at radius 1 is 1.19 bits per heavy atom. The molecule has 1 N–H and O–H groups in total. The van der Waals surface area contributed by atoms with E-state index in [1.54, 1.807) is 24.3 Å². The Bertz CT molecular complexity index is 1550. The summed E-state index contributed by atoms with van der Waals surface area (Å²) in [6.07, 6.45) is 1.53. The Morgan fingerprint density at radius 2 is 1.97 bits per heavy atom. The van der Waals surface area contributed by atoms with Crippen molar-refractivity contribution in [2.45, 2.75) is 19.9 Å². The summed E-state index contributed by atoms with van der Waals surface area (Å²) < 4.78 is 20.0. The first-order valence-electron chi connectivity index (χ1n) is 10.8. The minimum atomic E-state index is -1.07. The zero-order chi connectivity index (χ0) is 25.7. The molecule has 2 aromatic carbocycles. The average molecular weight is 524 g/mol. The summed E-state index contributed by atoms with van der Waals surface area (Å²) in [7, 11) is 1.47. The quantitative estimate of drug-likeness (QED) is 0.208. The van der Waals surface area contributed by atoms with Gasteiger partial charge in [-0.2, -0.15) is 0 Å². The number of hydrogen-bond donors (Lipinski definition) is 1. The third-order valence-electron chi connectivity index (χ3n) is 5.92. The topological polar surface area (TPSA) is 92.6 Å². The molecule has 1 fully saturated rings. The summed E-state index contributed by atoms with van der Waals surface area (Å²) in [6, 6.07) is 10.2. The number of carbonyl (C=O) groups excluding carboxylic acids is 2. The standard InChI is InChI=1S/C26H19ClFN3O4S/c1-12-8-13(2)24(35-3)14(9-12)22(32)20-21(17-6-4-5-7-29-17)31(25(34)23(20)33)26-30-18-10-15(27)16(28)11-19(18)36-26/h4-11,21,32H,1-3H3/b22-20+. The maximum Gasteiger partial charge on any atom is 0.301 e. The van der Waals surface area contributed by atoms with E-state index in [0.29, 0.717) is 21.7 Å². The molecule has 0 bridgehead atoms. The van der Waals surface area contributed by atoms with Gasteiger partial charge >= 0.3 is 5.91 Å². The van der Waals surface area contributed by atoms with Crippen LogP contribution in [0, 0.1) is 19.7 Å². The van der Waals surface area contributed by atoms with Gasteiger partial charge in [0.15, 0.2) is 5.13 Å². The zero-order valence-corrected chi connectivity index (χ0v) is 20.9. The second-order valence-corrected chi connectivity index (χ2v) is 9.73. The number of ketones is 1. The van der Waals surface area contributed by atoms with Crippen molar-refractivity contribution in [3.05, 3.63) is 87.5 Å². The van der Waals surface area contributed by atoms with Gasteiger partial charge in [-0.15, -0.1) is 0 Å². The lowest BCUT2D eigenvalue weighted by Crippen LogP contribution is -2.29. The fraction of sp³-hybridized carbons (Fsp3) is 0.154. The number of methoxy groups -OCH3 is 1. The molecular weight excluding hydrogens is 505 g/mol. The van der Waals surface area contributed by atoms with Gasteiger partial charge in [-0.1, -0.05) is 35.1 Å². The van der Waals surface area contributed by atoms with Gasteiger partial charge in [0.1, 0.15) is 23.4 Å². The third kappa shape index (κ3) is 3.81. The fourth-order valence-corrected chi connectivity index (χ4v) is 5.56. The number of aryl methyl sites for hydroxylation is 2. The van der Waals surface area contributed by atoms with Crippen molar-refractivity contribution < 1.29 is 23.8 Å². The van der Waals surface area contributed by atoms with Gasteiger partial charge in [-0.05, 0) is 55.3 Å². The molecule has 0 saturated carbocycles. The average Bonchev–Trinajstić information content (AvgIpc) is 3.36. The number of thiazole rings is 1. The van der Waals surface area contributed by atoms with Crippen LogP contribution in [0.15, 0.2) is 54.2 Å². The second-order valence-electron chi connectivity index (χ2n) is 8.32. The number of ether oxygens (including phenoxy) is 1. The molecule has 4 aromatic rings. The number of anilines is 1. The molecule has 0 radical (unpaired) electrons. The van der Waals surface area contributed by atoms with Crippen LogP contribution in [0.3, 0.4) is 0 Å². The molecule has 1 amide bonds. The second kappa shape index (κ2) is 9.00. The number of aromatic nitrogens is 2. The Morgan fingerprint density at radius 3 is 2.67 bits per heavy atom. The molecule has 1 saturated heterocycles. The molecule has 1 aliphatic rings. The molecule has 182 valence electrons. The third-order valence-corrected chi connectivity index (χ3v) is 7.22. The molecule has 10 heteroatoms. The minimum absolute atomic E-state index is 0.107. The summed E-state index contributed by atoms with van der Waals surface area (Å²) in [5.41, 5.74) is 2.46. The van der Waals surface area contributed by atoms with E-state index in [9.17, 15) is 19.1 Å². The van der Waals surface area contributed by atoms with Gasteiger partial charge in [0.25, 0.3) is 5.78 Å². The molecule has 0 spiro atoms. The Labute approximate surface area is 214 Å². The number of rotatable bonds is 4. The van der Waals surface area contributed by atoms with Crippen LogP contribution in [0.5, 0.6) is 5.75 Å². The number of aliphatic hydroxyl groups excluding tert-OH is 1. The van der Waals surface area contributed by atoms with Gasteiger partial charge in [-0.3, -0.25) is 19.5 Å². The van der Waals surface area contributed by atoms with Gasteiger partial charge in [-0.25, -0.2) is 9.37 Å². The van der Waals surface area contributed by atoms with E-state index in [0.717, 1.165) is 22.5 Å². The molecule has 0 aliphatic carbocycles. The first kappa shape index (κ1) is 23.9. The van der Waals surface area contributed by atoms with E-state index in [-0.39, 0.29) is 27.0 Å². The highest BCUT2D eigenvalue weighted by Gasteiger charge is 2.49. The maximum absolute atomic E-state index is 14.1. The van der Waals surface area contributed by atoms with Crippen molar-refractivity contribution in [3.8, 4) is 5.75 Å². The van der Waals surface area contributed by atoms with Gasteiger partial charge < -0.3 is 9.84 Å². The molecule has 36 heavy (non-hydrogen) atoms. The highest BCUT2D eigenvalue weighted by Crippen LogP contribution is 2.45. The predicted molar refractivity (Wildman–Crippen MR) is 136 cm³/mol. The number of amides is 1. The largest absolute Gasteiger partial charge is 0.507 e. The molecule has 3 heterocycles. The van der Waals surface area contributed by atoms with E-state index >= 15 is 0 Å². The highest BCUT2D eigenvalue weighted by molar-refractivity contribution is 7.22. The molecule has 1 unspecified atom stereocenters. The fourth-order valence-electron chi connectivity index (χ4n) is 4.41. The predicted octanol–water partition coefficient (Wildman–Crippen LogP) is 5.74. The van der Waals surface area contributed by atoms with Gasteiger partial charge in [0.05, 0.1) is 39.2 Å². The van der Waals surface area contributed by atoms with Gasteiger partial charge in [0.2, 0.25) is 0 Å². The van der Waals surface area contributed by atoms with E-state index in [2.05, 4.69) is 9.97 Å². The summed E-state index contributed by atoms with van der Waals surface area (Å²) in [5, 5.41) is 11.5. The number of nitrogens with zero attached hydrogens (tertiary/aromatic N) is 3. The summed E-state index contributed by atoms with van der Waals surface area (Å²) in [6.45, 7) is 3.67. The van der Waals surface area contributed by atoms with E-state index in [1.807, 2.05) is 19.9 Å². The monoisotopic (exact) mass is 523 g/mol. The number of pyridine rings is 1. The number of carbonyl (C=O) groups is 2. The van der Waals surface area contributed by atoms with Crippen LogP contribution in [-0.4, -0.2) is 33.9 Å². The van der Waals surface area contributed by atoms with E-state index in [4.69, 9.17) is 16.3 Å². The van der Waals surface area contributed by atoms with Crippen molar-refractivity contribution in [1.29, 1.82) is 0 Å². The van der Waals surface area contributed by atoms with Crippen LogP contribution < -0.4 is 9.64 Å². The highest BCUT2D eigenvalue weighted by atomic mass is 35.5. The van der Waals surface area contributed by atoms with Crippen LogP contribution in [0.2, 0.25) is 5.02 Å². The molecular formula is C26H19ClFN3O4S. The summed E-state index contributed by atoms with van der Waals surface area (Å²) in [4.78, 5) is 36.8. The SMILES string of the molecule is COc1c(C)cc(C)cc1/C(O)=C1\C(=O)C(=O)N(c2nc3cc(Cl)c(F)cc3s2)C1c1ccccn1. The smallest absolute Gasteiger partial charge is 0.301 e. The number of hydrogen-bond acceptors (Lipinski definition) is 7. The van der Waals surface area contributed by atoms with E-state index in [1.165, 1.54) is 30.3 Å². The number of fused-ring (bicyclic) bond motifs is 1. The number of Topliss-reactive ketones (excluding diaryl/α,β-unsaturated/α-hetero) is 1. The van der Waals surface area contributed by atoms with Crippen molar-refractivity contribution in [1.82, 2.24) is 9.97 Å². The van der Waals surface area contributed by atoms with Crippen LogP contribution in [0.25, 0.3) is 16.0 Å². The van der Waals surface area contributed by atoms with Crippen LogP contribution in [0.1, 0.15) is 28.4 Å². The lowest BCUT2D eigenvalue weighted by Gasteiger charge is -2.22. The summed E-state index contributed by atoms with van der Waals surface area (Å²) >= 11 is 6.94. The maximum atomic E-state index is 14.1. The molecule has 7 nitrogen and oxygen atoms in total. The molecule has 1 atom stereocenters. The first-order valence-corrected chi connectivity index (χ1v) is 12.0. The Hall–Kier alpha value is -3.82. The summed E-state index contributed by atoms with van der Waals surface area (Å²) in [5.74, 6) is -2.40. The van der Waals surface area contributed by atoms with Crippen LogP contribution in [-0.2, 0) is 9.59 Å². The Kier molecular flexibility index (Phi) is 5.97. The van der Waals surface area contributed by atoms with Crippen LogP contribution in [0.4, 0.5) is 9.52 Å². The number of aliphatic hydroxyl groups is 1. The first-order chi connectivity index (χ1) is 17.2. The Balaban J connectivity index is 1.77. The lowest BCUT2D eigenvalue weighted by atomic mass is 9.96. The zero-order valence-electron chi connectivity index (χ0n) is 19.4. The van der Waals surface area contributed by atoms with Crippen molar-refractivity contribution in [2.24, 2.45) is 0 Å². The van der Waals surface area contributed by atoms with Crippen molar-refractivity contribution in [2.75, 3.05) is 12.0 Å². The number of benzene rings is 2. The lowest BCUT2D eigenvalue weighted by molar-refractivity contribution is -0.132. The van der Waals surface area contributed by atoms with E-state index < -0.39 is 23.5 Å². The molecule has 5 rings (SSSR count). The van der Waals surface area contributed by atoms with Crippen LogP contribution >= 0.6 is 22.9 Å². The normalized spacial score (nSPS) is 17.2. The number of halogens is 2. The van der Waals surface area contributed by atoms with Gasteiger partial charge in [0, 0.05) is 6.20 Å². The minimum Gasteiger partial charge on any atom is -0.507 e. The van der Waals surface area contributed by atoms with Crippen molar-refractivity contribution in [3.63, 3.8) is 0 Å². The molecule has 2 aromatic heterocycles. The molecule has 1 aliphatic heterocycles. The van der Waals surface area contributed by atoms with Crippen molar-refractivity contribution >= 4 is 55.7 Å².